The van der Waals surface area contributed by atoms with Gasteiger partial charge < -0.3 is 15.1 Å². The predicted octanol–water partition coefficient (Wildman–Crippen LogP) is 4.01. The fourth-order valence-electron chi connectivity index (χ4n) is 3.46. The maximum atomic E-state index is 13.2. The molecular formula is C18H25BrF2N4O. The summed E-state index contributed by atoms with van der Waals surface area (Å²) < 4.78 is 33.2. The lowest BCUT2D eigenvalue weighted by molar-refractivity contribution is -0.0554. The number of likely N-dealkylation sites (tertiary alicyclic amines) is 1. The zero-order chi connectivity index (χ0) is 18.1. The monoisotopic (exact) mass is 430 g/mol. The minimum atomic E-state index is -2.48. The van der Waals surface area contributed by atoms with Crippen LogP contribution in [-0.2, 0) is 0 Å². The highest BCUT2D eigenvalue weighted by Gasteiger charge is 2.33. The van der Waals surface area contributed by atoms with Crippen molar-refractivity contribution in [2.45, 2.75) is 38.0 Å². The molecule has 0 aromatic heterocycles. The Kier molecular flexibility index (Phi) is 5.25. The Labute approximate surface area is 161 Å². The van der Waals surface area contributed by atoms with Crippen molar-refractivity contribution in [1.29, 1.82) is 0 Å². The molecule has 1 aromatic carbocycles. The highest BCUT2D eigenvalue weighted by Crippen LogP contribution is 2.43. The van der Waals surface area contributed by atoms with E-state index in [-0.39, 0.29) is 12.8 Å². The van der Waals surface area contributed by atoms with Crippen LogP contribution in [0, 0.1) is 5.92 Å². The number of nitrogens with zero attached hydrogens (tertiary/aromatic N) is 2. The van der Waals surface area contributed by atoms with Gasteiger partial charge in [-0.25, -0.2) is 8.78 Å². The molecule has 2 heterocycles. The Balaban J connectivity index is 1.25. The summed E-state index contributed by atoms with van der Waals surface area (Å²) in [6, 6.07) is 4.05. The molecule has 0 spiro atoms. The smallest absolute Gasteiger partial charge is 0.250 e. The molecule has 3 aliphatic rings. The Morgan fingerprint density at radius 3 is 2.73 bits per heavy atom. The number of hydrogen-bond acceptors (Lipinski definition) is 5. The van der Waals surface area contributed by atoms with Crippen molar-refractivity contribution in [3.8, 4) is 5.75 Å². The van der Waals surface area contributed by atoms with Crippen LogP contribution in [-0.4, -0.2) is 43.6 Å². The van der Waals surface area contributed by atoms with E-state index in [0.717, 1.165) is 47.0 Å². The summed E-state index contributed by atoms with van der Waals surface area (Å²) in [7, 11) is 0. The van der Waals surface area contributed by atoms with Gasteiger partial charge in [0.15, 0.2) is 0 Å². The van der Waals surface area contributed by atoms with Crippen LogP contribution in [0.5, 0.6) is 5.75 Å². The van der Waals surface area contributed by atoms with Crippen molar-refractivity contribution in [2.24, 2.45) is 5.92 Å². The summed E-state index contributed by atoms with van der Waals surface area (Å²) in [4.78, 5) is 2.10. The number of rotatable bonds is 7. The molecule has 2 aliphatic heterocycles. The van der Waals surface area contributed by atoms with Gasteiger partial charge in [0.1, 0.15) is 5.75 Å². The van der Waals surface area contributed by atoms with Crippen LogP contribution in [0.4, 0.5) is 20.2 Å². The third-order valence-corrected chi connectivity index (χ3v) is 6.08. The second kappa shape index (κ2) is 7.48. The van der Waals surface area contributed by atoms with E-state index < -0.39 is 5.92 Å². The first-order chi connectivity index (χ1) is 12.5. The van der Waals surface area contributed by atoms with Crippen molar-refractivity contribution in [3.05, 3.63) is 16.6 Å². The molecule has 26 heavy (non-hydrogen) atoms. The summed E-state index contributed by atoms with van der Waals surface area (Å²) in [5.41, 5.74) is 8.55. The van der Waals surface area contributed by atoms with E-state index >= 15 is 0 Å². The lowest BCUT2D eigenvalue weighted by Crippen LogP contribution is -2.40. The lowest BCUT2D eigenvalue weighted by atomic mass is 10.1. The first-order valence-corrected chi connectivity index (χ1v) is 10.2. The van der Waals surface area contributed by atoms with Gasteiger partial charge in [-0.15, -0.1) is 5.53 Å². The number of nitrogens with one attached hydrogen (secondary N) is 2. The third-order valence-electron chi connectivity index (χ3n) is 5.29. The molecule has 4 rings (SSSR count). The van der Waals surface area contributed by atoms with Gasteiger partial charge in [-0.2, -0.15) is 0 Å². The van der Waals surface area contributed by atoms with E-state index in [4.69, 9.17) is 4.74 Å². The normalized spacial score (nSPS) is 22.2. The van der Waals surface area contributed by atoms with Crippen LogP contribution < -0.4 is 20.7 Å². The first kappa shape index (κ1) is 18.3. The summed E-state index contributed by atoms with van der Waals surface area (Å²) >= 11 is 3.63. The number of piperidine rings is 1. The van der Waals surface area contributed by atoms with E-state index in [1.165, 1.54) is 12.8 Å². The molecule has 2 N–H and O–H groups in total. The number of hydrazine groups is 2. The average molecular weight is 431 g/mol. The van der Waals surface area contributed by atoms with Crippen molar-refractivity contribution in [1.82, 2.24) is 10.4 Å². The molecule has 8 heteroatoms. The number of fused-ring (bicyclic) bond motifs is 1. The molecule has 1 saturated carbocycles. The standard InChI is InChI=1S/C18H25BrF2N4O/c19-16-15(26-11-1-8-24-9-6-18(20,21)7-10-24)5-4-14-17(16)22-23-25(14)12-13-2-3-13/h4-5,13,22-23H,1-3,6-12H2. The number of hydrogen-bond donors (Lipinski definition) is 2. The highest BCUT2D eigenvalue weighted by molar-refractivity contribution is 9.10. The molecule has 0 bridgehead atoms. The summed E-state index contributed by atoms with van der Waals surface area (Å²) in [6.45, 7) is 3.34. The van der Waals surface area contributed by atoms with E-state index in [0.29, 0.717) is 19.7 Å². The predicted molar refractivity (Wildman–Crippen MR) is 102 cm³/mol. The Morgan fingerprint density at radius 2 is 2.00 bits per heavy atom. The summed E-state index contributed by atoms with van der Waals surface area (Å²) in [6.07, 6.45) is 3.39. The number of ether oxygens (including phenoxy) is 1. The zero-order valence-corrected chi connectivity index (χ0v) is 16.3. The third kappa shape index (κ3) is 4.23. The summed E-state index contributed by atoms with van der Waals surface area (Å²) in [5, 5.41) is 2.15. The lowest BCUT2D eigenvalue weighted by Gasteiger charge is -2.31. The Hall–Kier alpha value is -1.12. The second-order valence-electron chi connectivity index (χ2n) is 7.46. The van der Waals surface area contributed by atoms with Crippen LogP contribution in [0.15, 0.2) is 16.6 Å². The number of alkyl halides is 2. The Morgan fingerprint density at radius 1 is 1.23 bits per heavy atom. The van der Waals surface area contributed by atoms with E-state index in [9.17, 15) is 8.78 Å². The Bertz CT molecular complexity index is 646. The maximum Gasteiger partial charge on any atom is 0.250 e. The maximum absolute atomic E-state index is 13.2. The molecule has 2 fully saturated rings. The van der Waals surface area contributed by atoms with Crippen LogP contribution in [0.1, 0.15) is 32.1 Å². The van der Waals surface area contributed by atoms with Gasteiger partial charge in [0.25, 0.3) is 5.92 Å². The number of anilines is 2. The molecule has 144 valence electrons. The van der Waals surface area contributed by atoms with Gasteiger partial charge in [0, 0.05) is 39.0 Å². The van der Waals surface area contributed by atoms with E-state index in [2.05, 4.69) is 42.9 Å². The van der Waals surface area contributed by atoms with E-state index in [1.807, 2.05) is 6.07 Å². The molecule has 0 atom stereocenters. The fraction of sp³-hybridized carbons (Fsp3) is 0.667. The molecule has 1 aromatic rings. The van der Waals surface area contributed by atoms with Crippen LogP contribution in [0.25, 0.3) is 0 Å². The van der Waals surface area contributed by atoms with Crippen molar-refractivity contribution < 1.29 is 13.5 Å². The minimum absolute atomic E-state index is 0.0275. The zero-order valence-electron chi connectivity index (χ0n) is 14.7. The SMILES string of the molecule is FC1(F)CCN(CCCOc2ccc3c(c2Br)NNN3CC2CC2)CC1. The van der Waals surface area contributed by atoms with Crippen LogP contribution >= 0.6 is 15.9 Å². The van der Waals surface area contributed by atoms with Crippen LogP contribution in [0.3, 0.4) is 0 Å². The highest BCUT2D eigenvalue weighted by atomic mass is 79.9. The molecule has 1 aliphatic carbocycles. The van der Waals surface area contributed by atoms with Gasteiger partial charge in [0.05, 0.1) is 22.5 Å². The van der Waals surface area contributed by atoms with Crippen LogP contribution in [0.2, 0.25) is 0 Å². The molecule has 1 saturated heterocycles. The van der Waals surface area contributed by atoms with E-state index in [1.54, 1.807) is 0 Å². The molecule has 0 radical (unpaired) electrons. The quantitative estimate of drug-likeness (QED) is 0.639. The second-order valence-corrected chi connectivity index (χ2v) is 8.26. The topological polar surface area (TPSA) is 39.8 Å². The van der Waals surface area contributed by atoms with Gasteiger partial charge >= 0.3 is 0 Å². The number of halogens is 3. The molecule has 0 unspecified atom stereocenters. The largest absolute Gasteiger partial charge is 0.492 e. The van der Waals surface area contributed by atoms with Gasteiger partial charge in [0.2, 0.25) is 0 Å². The molecule has 0 amide bonds. The van der Waals surface area contributed by atoms with Crippen molar-refractivity contribution in [3.63, 3.8) is 0 Å². The fourth-order valence-corrected chi connectivity index (χ4v) is 4.01. The summed E-state index contributed by atoms with van der Waals surface area (Å²) in [5.74, 6) is -0.882. The average Bonchev–Trinajstić information content (AvgIpc) is 3.33. The van der Waals surface area contributed by atoms with Gasteiger partial charge in [-0.3, -0.25) is 5.01 Å². The van der Waals surface area contributed by atoms with Crippen molar-refractivity contribution >= 4 is 27.3 Å². The van der Waals surface area contributed by atoms with Crippen molar-refractivity contribution in [2.75, 3.05) is 43.2 Å². The van der Waals surface area contributed by atoms with Gasteiger partial charge in [-0.05, 0) is 53.2 Å². The first-order valence-electron chi connectivity index (χ1n) is 9.36. The number of benzene rings is 1. The molecular weight excluding hydrogens is 406 g/mol. The minimum Gasteiger partial charge on any atom is -0.492 e. The molecule has 5 nitrogen and oxygen atoms in total. The van der Waals surface area contributed by atoms with Gasteiger partial charge in [-0.1, -0.05) is 0 Å².